The molecule has 0 saturated carbocycles. The van der Waals surface area contributed by atoms with Crippen molar-refractivity contribution >= 4 is 0 Å². The van der Waals surface area contributed by atoms with Crippen molar-refractivity contribution in [2.45, 2.75) is 26.9 Å². The van der Waals surface area contributed by atoms with Crippen molar-refractivity contribution in [3.05, 3.63) is 97.6 Å². The zero-order valence-electron chi connectivity index (χ0n) is 14.4. The zero-order chi connectivity index (χ0) is 18.8. The lowest BCUT2D eigenvalue weighted by Crippen LogP contribution is -2.39. The molecule has 2 heterocycles. The Kier molecular flexibility index (Phi) is 4.79. The van der Waals surface area contributed by atoms with E-state index < -0.39 is 22.9 Å². The van der Waals surface area contributed by atoms with Crippen molar-refractivity contribution in [3.63, 3.8) is 0 Å². The Morgan fingerprint density at radius 1 is 0.962 bits per heavy atom. The molecule has 0 amide bonds. The van der Waals surface area contributed by atoms with Gasteiger partial charge in [-0.05, 0) is 43.7 Å². The normalized spacial score (nSPS) is 10.9. The summed E-state index contributed by atoms with van der Waals surface area (Å²) in [6.45, 7) is 3.40. The van der Waals surface area contributed by atoms with Gasteiger partial charge in [0.2, 0.25) is 0 Å². The Morgan fingerprint density at radius 2 is 1.58 bits per heavy atom. The number of hydrogen-bond donors (Lipinski definition) is 0. The Labute approximate surface area is 148 Å². The fourth-order valence-corrected chi connectivity index (χ4v) is 2.87. The van der Waals surface area contributed by atoms with Gasteiger partial charge < -0.3 is 0 Å². The van der Waals surface area contributed by atoms with Gasteiger partial charge >= 0.3 is 5.69 Å². The highest BCUT2D eigenvalue weighted by atomic mass is 19.1. The van der Waals surface area contributed by atoms with Crippen LogP contribution in [0.5, 0.6) is 0 Å². The van der Waals surface area contributed by atoms with Gasteiger partial charge in [-0.25, -0.2) is 13.6 Å². The number of nitrogens with zero attached hydrogens (tertiary/aromatic N) is 3. The van der Waals surface area contributed by atoms with Crippen LogP contribution in [-0.4, -0.2) is 14.1 Å². The van der Waals surface area contributed by atoms with Crippen molar-refractivity contribution in [3.8, 4) is 0 Å². The summed E-state index contributed by atoms with van der Waals surface area (Å²) >= 11 is 0. The topological polar surface area (TPSA) is 56.9 Å². The molecule has 0 atom stereocenters. The maximum absolute atomic E-state index is 13.9. The third-order valence-electron chi connectivity index (χ3n) is 4.01. The van der Waals surface area contributed by atoms with Gasteiger partial charge in [0.25, 0.3) is 5.56 Å². The highest BCUT2D eigenvalue weighted by molar-refractivity contribution is 5.21. The maximum Gasteiger partial charge on any atom is 0.331 e. The van der Waals surface area contributed by atoms with E-state index in [1.807, 2.05) is 13.8 Å². The van der Waals surface area contributed by atoms with Crippen molar-refractivity contribution in [2.24, 2.45) is 0 Å². The van der Waals surface area contributed by atoms with Crippen LogP contribution in [0.2, 0.25) is 0 Å². The molecule has 0 aliphatic heterocycles. The lowest BCUT2D eigenvalue weighted by Gasteiger charge is -2.12. The van der Waals surface area contributed by atoms with Crippen LogP contribution in [0, 0.1) is 25.5 Å². The number of hydrogen-bond acceptors (Lipinski definition) is 3. The maximum atomic E-state index is 13.9. The molecule has 0 aliphatic carbocycles. The van der Waals surface area contributed by atoms with E-state index in [2.05, 4.69) is 4.98 Å². The van der Waals surface area contributed by atoms with Gasteiger partial charge in [-0.1, -0.05) is 6.07 Å². The van der Waals surface area contributed by atoms with E-state index in [0.29, 0.717) is 0 Å². The first-order chi connectivity index (χ1) is 12.3. The average Bonchev–Trinajstić information content (AvgIpc) is 2.56. The third-order valence-corrected chi connectivity index (χ3v) is 4.01. The van der Waals surface area contributed by atoms with Crippen LogP contribution < -0.4 is 11.2 Å². The second-order valence-electron chi connectivity index (χ2n) is 6.11. The van der Waals surface area contributed by atoms with Gasteiger partial charge in [-0.3, -0.25) is 18.9 Å². The summed E-state index contributed by atoms with van der Waals surface area (Å²) in [5.74, 6) is -1.48. The Hall–Kier alpha value is -3.09. The van der Waals surface area contributed by atoms with Crippen LogP contribution >= 0.6 is 0 Å². The molecule has 2 aromatic heterocycles. The molecule has 0 aliphatic rings. The first-order valence-corrected chi connectivity index (χ1v) is 8.02. The average molecular weight is 357 g/mol. The highest BCUT2D eigenvalue weighted by Crippen LogP contribution is 2.12. The van der Waals surface area contributed by atoms with Gasteiger partial charge in [-0.15, -0.1) is 0 Å². The molecule has 26 heavy (non-hydrogen) atoms. The number of pyridine rings is 1. The first-order valence-electron chi connectivity index (χ1n) is 8.02. The molecular weight excluding hydrogens is 340 g/mol. The lowest BCUT2D eigenvalue weighted by atomic mass is 10.2. The molecule has 0 saturated heterocycles. The summed E-state index contributed by atoms with van der Waals surface area (Å²) in [5, 5.41) is 0. The van der Waals surface area contributed by atoms with E-state index in [1.165, 1.54) is 18.3 Å². The second-order valence-corrected chi connectivity index (χ2v) is 6.11. The monoisotopic (exact) mass is 357 g/mol. The molecule has 134 valence electrons. The van der Waals surface area contributed by atoms with Crippen LogP contribution in [0.3, 0.4) is 0 Å². The number of benzene rings is 1. The van der Waals surface area contributed by atoms with Crippen LogP contribution in [0.4, 0.5) is 8.78 Å². The standard InChI is InChI=1S/C19H17F2N3O2/c1-12-8-14(9-13(2)22-12)10-24-18(25)6-7-23(19(24)26)11-15-16(20)4-3-5-17(15)21/h3-9H,10-11H2,1-2H3. The summed E-state index contributed by atoms with van der Waals surface area (Å²) in [5.41, 5.74) is 0.967. The van der Waals surface area contributed by atoms with Gasteiger partial charge in [0.15, 0.2) is 0 Å². The van der Waals surface area contributed by atoms with Crippen molar-refractivity contribution in [1.29, 1.82) is 0 Å². The SMILES string of the molecule is Cc1cc(Cn2c(=O)ccn(Cc3c(F)cccc3F)c2=O)cc(C)n1. The van der Waals surface area contributed by atoms with Crippen LogP contribution in [-0.2, 0) is 13.1 Å². The smallest absolute Gasteiger partial charge is 0.296 e. The third kappa shape index (κ3) is 3.61. The van der Waals surface area contributed by atoms with Crippen molar-refractivity contribution in [1.82, 2.24) is 14.1 Å². The van der Waals surface area contributed by atoms with E-state index in [4.69, 9.17) is 0 Å². The van der Waals surface area contributed by atoms with Crippen molar-refractivity contribution in [2.75, 3.05) is 0 Å². The van der Waals surface area contributed by atoms with Crippen LogP contribution in [0.15, 0.2) is 52.2 Å². The molecule has 0 fully saturated rings. The fraction of sp³-hybridized carbons (Fsp3) is 0.211. The molecular formula is C19H17F2N3O2. The van der Waals surface area contributed by atoms with E-state index >= 15 is 0 Å². The molecule has 0 bridgehead atoms. The van der Waals surface area contributed by atoms with Crippen LogP contribution in [0.25, 0.3) is 0 Å². The van der Waals surface area contributed by atoms with E-state index in [0.717, 1.165) is 38.2 Å². The number of rotatable bonds is 4. The number of aromatic nitrogens is 3. The zero-order valence-corrected chi connectivity index (χ0v) is 14.4. The summed E-state index contributed by atoms with van der Waals surface area (Å²) in [4.78, 5) is 29.1. The predicted molar refractivity (Wildman–Crippen MR) is 93.2 cm³/mol. The van der Waals surface area contributed by atoms with E-state index in [-0.39, 0.29) is 18.7 Å². The van der Waals surface area contributed by atoms with Crippen molar-refractivity contribution < 1.29 is 8.78 Å². The molecule has 3 rings (SSSR count). The minimum Gasteiger partial charge on any atom is -0.296 e. The lowest BCUT2D eigenvalue weighted by molar-refractivity contribution is 0.529. The summed E-state index contributed by atoms with van der Waals surface area (Å²) in [6.07, 6.45) is 1.25. The van der Waals surface area contributed by atoms with Crippen LogP contribution in [0.1, 0.15) is 22.5 Å². The molecule has 0 radical (unpaired) electrons. The van der Waals surface area contributed by atoms with E-state index in [9.17, 15) is 18.4 Å². The van der Waals surface area contributed by atoms with Gasteiger partial charge in [0.1, 0.15) is 11.6 Å². The quantitative estimate of drug-likeness (QED) is 0.720. The first kappa shape index (κ1) is 17.7. The molecule has 0 N–H and O–H groups in total. The fourth-order valence-electron chi connectivity index (χ4n) is 2.87. The Bertz CT molecular complexity index is 1050. The summed E-state index contributed by atoms with van der Waals surface area (Å²) in [6, 6.07) is 8.29. The van der Waals surface area contributed by atoms with Gasteiger partial charge in [0, 0.05) is 29.2 Å². The van der Waals surface area contributed by atoms with E-state index in [1.54, 1.807) is 12.1 Å². The molecule has 3 aromatic rings. The largest absolute Gasteiger partial charge is 0.331 e. The summed E-state index contributed by atoms with van der Waals surface area (Å²) < 4.78 is 29.9. The Balaban J connectivity index is 2.02. The molecule has 0 unspecified atom stereocenters. The molecule has 5 nitrogen and oxygen atoms in total. The highest BCUT2D eigenvalue weighted by Gasteiger charge is 2.12. The molecule has 0 spiro atoms. The number of aryl methyl sites for hydroxylation is 2. The molecule has 7 heteroatoms. The minimum atomic E-state index is -0.741. The molecule has 1 aromatic carbocycles. The Morgan fingerprint density at radius 3 is 2.19 bits per heavy atom. The number of halogens is 2. The predicted octanol–water partition coefficient (Wildman–Crippen LogP) is 2.40. The second kappa shape index (κ2) is 7.03. The van der Waals surface area contributed by atoms with Gasteiger partial charge in [-0.2, -0.15) is 0 Å². The minimum absolute atomic E-state index is 0.0580. The van der Waals surface area contributed by atoms with Gasteiger partial charge in [0.05, 0.1) is 13.1 Å². The summed E-state index contributed by atoms with van der Waals surface area (Å²) in [7, 11) is 0.